The summed E-state index contributed by atoms with van der Waals surface area (Å²) in [6.45, 7) is 4.02. The number of aryl methyl sites for hydroxylation is 2. The van der Waals surface area contributed by atoms with Gasteiger partial charge in [-0.1, -0.05) is 48.0 Å². The summed E-state index contributed by atoms with van der Waals surface area (Å²) in [6, 6.07) is 15.8. The number of benzene rings is 2. The average Bonchev–Trinajstić information content (AvgIpc) is 3.01. The van der Waals surface area contributed by atoms with Crippen molar-refractivity contribution in [2.75, 3.05) is 5.32 Å². The Hall–Kier alpha value is -2.46. The SMILES string of the molecule is Cc1ccc(NC(=O)c2csc(-c3ccccc3)n2)c(C)c1. The third kappa shape index (κ3) is 3.07. The maximum Gasteiger partial charge on any atom is 0.275 e. The van der Waals surface area contributed by atoms with Crippen LogP contribution in [0.5, 0.6) is 0 Å². The number of thiazole rings is 1. The predicted octanol–water partition coefficient (Wildman–Crippen LogP) is 4.68. The van der Waals surface area contributed by atoms with Gasteiger partial charge in [0.1, 0.15) is 10.7 Å². The minimum Gasteiger partial charge on any atom is -0.320 e. The molecule has 0 saturated carbocycles. The first-order chi connectivity index (χ1) is 10.6. The van der Waals surface area contributed by atoms with Gasteiger partial charge in [-0.2, -0.15) is 0 Å². The summed E-state index contributed by atoms with van der Waals surface area (Å²) in [6.07, 6.45) is 0. The van der Waals surface area contributed by atoms with Gasteiger partial charge in [0.2, 0.25) is 0 Å². The standard InChI is InChI=1S/C18H16N2OS/c1-12-8-9-15(13(2)10-12)19-17(21)16-11-22-18(20-16)14-6-4-3-5-7-14/h3-11H,1-2H3,(H,19,21). The third-order valence-corrected chi connectivity index (χ3v) is 4.28. The van der Waals surface area contributed by atoms with Gasteiger partial charge < -0.3 is 5.32 Å². The number of carbonyl (C=O) groups is 1. The molecule has 3 aromatic rings. The Morgan fingerprint density at radius 3 is 2.59 bits per heavy atom. The fourth-order valence-electron chi connectivity index (χ4n) is 2.23. The highest BCUT2D eigenvalue weighted by Gasteiger charge is 2.12. The van der Waals surface area contributed by atoms with Crippen molar-refractivity contribution in [1.82, 2.24) is 4.98 Å². The van der Waals surface area contributed by atoms with Crippen LogP contribution < -0.4 is 5.32 Å². The molecule has 0 saturated heterocycles. The summed E-state index contributed by atoms with van der Waals surface area (Å²) in [5.41, 5.74) is 4.52. The van der Waals surface area contributed by atoms with Crippen molar-refractivity contribution >= 4 is 22.9 Å². The van der Waals surface area contributed by atoms with Crippen molar-refractivity contribution in [2.24, 2.45) is 0 Å². The van der Waals surface area contributed by atoms with E-state index in [1.54, 1.807) is 5.38 Å². The number of carbonyl (C=O) groups excluding carboxylic acids is 1. The fourth-order valence-corrected chi connectivity index (χ4v) is 3.04. The number of amides is 1. The van der Waals surface area contributed by atoms with Crippen LogP contribution in [0.25, 0.3) is 10.6 Å². The van der Waals surface area contributed by atoms with E-state index < -0.39 is 0 Å². The molecule has 1 heterocycles. The van der Waals surface area contributed by atoms with Crippen molar-refractivity contribution in [3.63, 3.8) is 0 Å². The Bertz CT molecular complexity index is 809. The molecule has 0 radical (unpaired) electrons. The minimum absolute atomic E-state index is 0.176. The van der Waals surface area contributed by atoms with Gasteiger partial charge in [-0.15, -0.1) is 11.3 Å². The van der Waals surface area contributed by atoms with Crippen LogP contribution in [0, 0.1) is 13.8 Å². The Morgan fingerprint density at radius 1 is 1.09 bits per heavy atom. The Morgan fingerprint density at radius 2 is 1.86 bits per heavy atom. The first kappa shape index (κ1) is 14.5. The lowest BCUT2D eigenvalue weighted by Crippen LogP contribution is -2.13. The van der Waals surface area contributed by atoms with E-state index >= 15 is 0 Å². The molecule has 0 aliphatic rings. The van der Waals surface area contributed by atoms with Gasteiger partial charge in [0.25, 0.3) is 5.91 Å². The molecule has 0 bridgehead atoms. The normalized spacial score (nSPS) is 10.5. The molecule has 0 aliphatic carbocycles. The van der Waals surface area contributed by atoms with Gasteiger partial charge in [-0.25, -0.2) is 4.98 Å². The Kier molecular flexibility index (Phi) is 4.02. The Balaban J connectivity index is 1.80. The van der Waals surface area contributed by atoms with Gasteiger partial charge in [0.05, 0.1) is 0 Å². The van der Waals surface area contributed by atoms with E-state index in [2.05, 4.69) is 10.3 Å². The Labute approximate surface area is 133 Å². The maximum atomic E-state index is 12.3. The molecule has 0 atom stereocenters. The van der Waals surface area contributed by atoms with E-state index in [0.29, 0.717) is 5.69 Å². The van der Waals surface area contributed by atoms with Crippen LogP contribution in [0.2, 0.25) is 0 Å². The second-order valence-electron chi connectivity index (χ2n) is 5.18. The topological polar surface area (TPSA) is 42.0 Å². The molecule has 0 unspecified atom stereocenters. The molecule has 3 rings (SSSR count). The van der Waals surface area contributed by atoms with E-state index in [4.69, 9.17) is 0 Å². The smallest absolute Gasteiger partial charge is 0.275 e. The zero-order chi connectivity index (χ0) is 15.5. The first-order valence-corrected chi connectivity index (χ1v) is 7.91. The lowest BCUT2D eigenvalue weighted by atomic mass is 10.1. The number of hydrogen-bond donors (Lipinski definition) is 1. The summed E-state index contributed by atoms with van der Waals surface area (Å²) in [4.78, 5) is 16.8. The molecule has 2 aromatic carbocycles. The summed E-state index contributed by atoms with van der Waals surface area (Å²) < 4.78 is 0. The molecular formula is C18H16N2OS. The molecule has 110 valence electrons. The highest BCUT2D eigenvalue weighted by molar-refractivity contribution is 7.13. The number of aromatic nitrogens is 1. The summed E-state index contributed by atoms with van der Waals surface area (Å²) in [5, 5.41) is 5.57. The largest absolute Gasteiger partial charge is 0.320 e. The number of nitrogens with zero attached hydrogens (tertiary/aromatic N) is 1. The lowest BCUT2D eigenvalue weighted by Gasteiger charge is -2.07. The van der Waals surface area contributed by atoms with Crippen molar-refractivity contribution in [1.29, 1.82) is 0 Å². The van der Waals surface area contributed by atoms with Gasteiger partial charge in [-0.3, -0.25) is 4.79 Å². The second-order valence-corrected chi connectivity index (χ2v) is 6.03. The van der Waals surface area contributed by atoms with E-state index in [1.165, 1.54) is 16.9 Å². The van der Waals surface area contributed by atoms with E-state index in [1.807, 2.05) is 62.4 Å². The minimum atomic E-state index is -0.176. The average molecular weight is 308 g/mol. The third-order valence-electron chi connectivity index (χ3n) is 3.39. The van der Waals surface area contributed by atoms with E-state index in [9.17, 15) is 4.79 Å². The molecule has 0 fully saturated rings. The highest BCUT2D eigenvalue weighted by Crippen LogP contribution is 2.24. The van der Waals surface area contributed by atoms with Gasteiger partial charge in [0.15, 0.2) is 0 Å². The number of rotatable bonds is 3. The number of anilines is 1. The van der Waals surface area contributed by atoms with Crippen LogP contribution in [-0.4, -0.2) is 10.9 Å². The van der Waals surface area contributed by atoms with Crippen LogP contribution in [-0.2, 0) is 0 Å². The summed E-state index contributed by atoms with van der Waals surface area (Å²) >= 11 is 1.48. The molecular weight excluding hydrogens is 292 g/mol. The van der Waals surface area contributed by atoms with Crippen LogP contribution >= 0.6 is 11.3 Å². The molecule has 3 nitrogen and oxygen atoms in total. The van der Waals surface area contributed by atoms with E-state index in [-0.39, 0.29) is 5.91 Å². The van der Waals surface area contributed by atoms with Crippen LogP contribution in [0.1, 0.15) is 21.6 Å². The number of hydrogen-bond acceptors (Lipinski definition) is 3. The van der Waals surface area contributed by atoms with Crippen LogP contribution in [0.4, 0.5) is 5.69 Å². The van der Waals surface area contributed by atoms with Gasteiger partial charge in [0, 0.05) is 16.6 Å². The van der Waals surface area contributed by atoms with Gasteiger partial charge in [-0.05, 0) is 25.5 Å². The van der Waals surface area contributed by atoms with Gasteiger partial charge >= 0.3 is 0 Å². The van der Waals surface area contributed by atoms with Crippen molar-refractivity contribution in [3.8, 4) is 10.6 Å². The molecule has 1 N–H and O–H groups in total. The van der Waals surface area contributed by atoms with Crippen molar-refractivity contribution in [3.05, 3.63) is 70.7 Å². The molecule has 1 aromatic heterocycles. The molecule has 1 amide bonds. The maximum absolute atomic E-state index is 12.3. The van der Waals surface area contributed by atoms with Crippen molar-refractivity contribution < 1.29 is 4.79 Å². The zero-order valence-corrected chi connectivity index (χ0v) is 13.3. The molecule has 0 aliphatic heterocycles. The predicted molar refractivity (Wildman–Crippen MR) is 91.4 cm³/mol. The zero-order valence-electron chi connectivity index (χ0n) is 12.5. The molecule has 0 spiro atoms. The first-order valence-electron chi connectivity index (χ1n) is 7.03. The monoisotopic (exact) mass is 308 g/mol. The lowest BCUT2D eigenvalue weighted by molar-refractivity contribution is 0.102. The second kappa shape index (κ2) is 6.12. The van der Waals surface area contributed by atoms with E-state index in [0.717, 1.165) is 21.8 Å². The van der Waals surface area contributed by atoms with Crippen LogP contribution in [0.15, 0.2) is 53.9 Å². The van der Waals surface area contributed by atoms with Crippen LogP contribution in [0.3, 0.4) is 0 Å². The quantitative estimate of drug-likeness (QED) is 0.763. The summed E-state index contributed by atoms with van der Waals surface area (Å²) in [5.74, 6) is -0.176. The fraction of sp³-hybridized carbons (Fsp3) is 0.111. The summed E-state index contributed by atoms with van der Waals surface area (Å²) in [7, 11) is 0. The molecule has 4 heteroatoms. The van der Waals surface area contributed by atoms with Crippen molar-refractivity contribution in [2.45, 2.75) is 13.8 Å². The highest BCUT2D eigenvalue weighted by atomic mass is 32.1. The number of nitrogens with one attached hydrogen (secondary N) is 1. The molecule has 22 heavy (non-hydrogen) atoms.